The van der Waals surface area contributed by atoms with E-state index in [2.05, 4.69) is 9.80 Å². The monoisotopic (exact) mass is 463 g/mol. The first kappa shape index (κ1) is 23.6. The molecule has 4 N–H and O–H groups in total. The van der Waals surface area contributed by atoms with E-state index in [4.69, 9.17) is 26.0 Å². The topological polar surface area (TPSA) is 116 Å². The zero-order valence-electron chi connectivity index (χ0n) is 19.6. The quantitative estimate of drug-likeness (QED) is 0.328. The molecule has 0 aliphatic carbocycles. The van der Waals surface area contributed by atoms with Crippen LogP contribution in [0.15, 0.2) is 48.5 Å². The van der Waals surface area contributed by atoms with Crippen molar-refractivity contribution in [2.75, 3.05) is 31.1 Å². The fourth-order valence-corrected chi connectivity index (χ4v) is 4.63. The van der Waals surface area contributed by atoms with Gasteiger partial charge in [-0.15, -0.1) is 0 Å². The van der Waals surface area contributed by atoms with E-state index in [0.29, 0.717) is 23.6 Å². The summed E-state index contributed by atoms with van der Waals surface area (Å²) in [6.45, 7) is 4.68. The van der Waals surface area contributed by atoms with Crippen molar-refractivity contribution < 1.29 is 14.3 Å². The third kappa shape index (κ3) is 5.68. The number of anilines is 1. The van der Waals surface area contributed by atoms with Gasteiger partial charge in [-0.05, 0) is 56.2 Å². The lowest BCUT2D eigenvalue weighted by molar-refractivity contribution is 0.0482. The van der Waals surface area contributed by atoms with Crippen molar-refractivity contribution in [3.05, 3.63) is 59.7 Å². The first-order valence-electron chi connectivity index (χ1n) is 11.9. The van der Waals surface area contributed by atoms with E-state index in [-0.39, 0.29) is 24.0 Å². The maximum atomic E-state index is 12.6. The average Bonchev–Trinajstić information content (AvgIpc) is 3.32. The Balaban J connectivity index is 1.29. The summed E-state index contributed by atoms with van der Waals surface area (Å²) in [5.74, 6) is 1.05. The number of esters is 1. The van der Waals surface area contributed by atoms with Gasteiger partial charge in [-0.2, -0.15) is 0 Å². The molecular formula is C26H33N5O3. The van der Waals surface area contributed by atoms with Crippen LogP contribution >= 0.6 is 0 Å². The highest BCUT2D eigenvalue weighted by atomic mass is 16.5. The van der Waals surface area contributed by atoms with Gasteiger partial charge in [0.25, 0.3) is 0 Å². The molecule has 2 aromatic carbocycles. The summed E-state index contributed by atoms with van der Waals surface area (Å²) < 4.78 is 11.7. The molecule has 0 saturated carbocycles. The minimum absolute atomic E-state index is 0.0448. The number of amidine groups is 2. The molecule has 8 nitrogen and oxygen atoms in total. The molecule has 1 atom stereocenters. The van der Waals surface area contributed by atoms with Gasteiger partial charge in [-0.1, -0.05) is 12.1 Å². The van der Waals surface area contributed by atoms with E-state index in [1.165, 1.54) is 0 Å². The third-order valence-corrected chi connectivity index (χ3v) is 6.58. The first-order valence-corrected chi connectivity index (χ1v) is 11.9. The van der Waals surface area contributed by atoms with E-state index in [1.54, 1.807) is 12.1 Å². The van der Waals surface area contributed by atoms with Crippen molar-refractivity contribution in [3.63, 3.8) is 0 Å². The third-order valence-electron chi connectivity index (χ3n) is 6.58. The zero-order valence-corrected chi connectivity index (χ0v) is 19.6. The number of likely N-dealkylation sites (tertiary alicyclic amines) is 1. The molecule has 0 bridgehead atoms. The van der Waals surface area contributed by atoms with E-state index in [1.807, 2.05) is 43.3 Å². The highest BCUT2D eigenvalue weighted by Crippen LogP contribution is 2.27. The van der Waals surface area contributed by atoms with Crippen LogP contribution in [-0.2, 0) is 4.74 Å². The van der Waals surface area contributed by atoms with E-state index in [9.17, 15) is 4.79 Å². The van der Waals surface area contributed by atoms with E-state index >= 15 is 0 Å². The number of rotatable bonds is 7. The Morgan fingerprint density at radius 2 is 1.76 bits per heavy atom. The Bertz CT molecular complexity index is 1030. The predicted octanol–water partition coefficient (Wildman–Crippen LogP) is 3.64. The zero-order chi connectivity index (χ0) is 24.1. The van der Waals surface area contributed by atoms with Crippen LogP contribution in [0.3, 0.4) is 0 Å². The number of carbonyl (C=O) groups is 1. The summed E-state index contributed by atoms with van der Waals surface area (Å²) in [7, 11) is 0. The molecule has 2 fully saturated rings. The van der Waals surface area contributed by atoms with Crippen LogP contribution in [0, 0.1) is 10.8 Å². The number of hydrogen-bond acceptors (Lipinski definition) is 6. The van der Waals surface area contributed by atoms with Crippen LogP contribution in [0.25, 0.3) is 0 Å². The first-order chi connectivity index (χ1) is 16.4. The standard InChI is InChI=1S/C26H33N5O3/c1-18(27)30-14-11-24(12-15-30)34-23-9-7-19(8-10-23)26(32)33-17-22-6-3-13-31(22)21-5-2-4-20(16-21)25(28)29/h2,4-5,7-10,16,22,24,27H,3,6,11-15,17H2,1H3,(H3,28,29)/t22-/m0/s1. The van der Waals surface area contributed by atoms with Crippen molar-refractivity contribution in [1.29, 1.82) is 10.8 Å². The Morgan fingerprint density at radius 1 is 1.03 bits per heavy atom. The van der Waals surface area contributed by atoms with Gasteiger partial charge in [0.15, 0.2) is 0 Å². The Hall–Kier alpha value is -3.55. The predicted molar refractivity (Wildman–Crippen MR) is 133 cm³/mol. The molecule has 2 saturated heterocycles. The molecule has 0 radical (unpaired) electrons. The maximum Gasteiger partial charge on any atom is 0.338 e. The molecule has 0 spiro atoms. The molecule has 2 aliphatic rings. The van der Waals surface area contributed by atoms with Crippen molar-refractivity contribution in [2.24, 2.45) is 5.73 Å². The maximum absolute atomic E-state index is 12.6. The molecule has 34 heavy (non-hydrogen) atoms. The summed E-state index contributed by atoms with van der Waals surface area (Å²) in [5.41, 5.74) is 7.83. The molecule has 2 heterocycles. The second kappa shape index (κ2) is 10.6. The lowest BCUT2D eigenvalue weighted by Crippen LogP contribution is -2.40. The number of nitrogens with two attached hydrogens (primary N) is 1. The van der Waals surface area contributed by atoms with E-state index < -0.39 is 0 Å². The molecule has 0 unspecified atom stereocenters. The average molecular weight is 464 g/mol. The van der Waals surface area contributed by atoms with Gasteiger partial charge in [0.05, 0.1) is 17.4 Å². The molecular weight excluding hydrogens is 430 g/mol. The summed E-state index contributed by atoms with van der Waals surface area (Å²) in [6, 6.07) is 14.9. The fraction of sp³-hybridized carbons (Fsp3) is 0.423. The largest absolute Gasteiger partial charge is 0.490 e. The highest BCUT2D eigenvalue weighted by Gasteiger charge is 2.27. The lowest BCUT2D eigenvalue weighted by Gasteiger charge is -2.32. The number of nitrogens with zero attached hydrogens (tertiary/aromatic N) is 2. The summed E-state index contributed by atoms with van der Waals surface area (Å²) in [4.78, 5) is 16.9. The van der Waals surface area contributed by atoms with E-state index in [0.717, 1.165) is 56.8 Å². The molecule has 0 aromatic heterocycles. The van der Waals surface area contributed by atoms with Crippen LogP contribution < -0.4 is 15.4 Å². The summed E-state index contributed by atoms with van der Waals surface area (Å²) in [6.07, 6.45) is 3.86. The van der Waals surface area contributed by atoms with Gasteiger partial charge in [0.2, 0.25) is 0 Å². The molecule has 2 aromatic rings. The smallest absolute Gasteiger partial charge is 0.338 e. The Labute approximate surface area is 200 Å². The summed E-state index contributed by atoms with van der Waals surface area (Å²) >= 11 is 0. The second-order valence-corrected chi connectivity index (χ2v) is 8.97. The van der Waals surface area contributed by atoms with Gasteiger partial charge in [0, 0.05) is 43.7 Å². The van der Waals surface area contributed by atoms with Gasteiger partial charge in [-0.3, -0.25) is 10.8 Å². The minimum atomic E-state index is -0.342. The number of nitrogens with one attached hydrogen (secondary N) is 2. The number of hydrogen-bond donors (Lipinski definition) is 3. The SMILES string of the molecule is CC(=N)N1CCC(Oc2ccc(C(=O)OC[C@@H]3CCCN3c3cccc(C(=N)N)c3)cc2)CC1. The van der Waals surface area contributed by atoms with Crippen molar-refractivity contribution in [2.45, 2.75) is 44.8 Å². The Kier molecular flexibility index (Phi) is 7.35. The summed E-state index contributed by atoms with van der Waals surface area (Å²) in [5, 5.41) is 15.4. The van der Waals surface area contributed by atoms with Crippen molar-refractivity contribution >= 4 is 23.3 Å². The second-order valence-electron chi connectivity index (χ2n) is 8.97. The Morgan fingerprint density at radius 3 is 2.44 bits per heavy atom. The number of ether oxygens (including phenoxy) is 2. The number of carbonyl (C=O) groups excluding carboxylic acids is 1. The van der Waals surface area contributed by atoms with Crippen LogP contribution in [0.4, 0.5) is 5.69 Å². The van der Waals surface area contributed by atoms with Crippen LogP contribution in [0.2, 0.25) is 0 Å². The lowest BCUT2D eigenvalue weighted by atomic mass is 10.1. The molecule has 8 heteroatoms. The van der Waals surface area contributed by atoms with Crippen molar-refractivity contribution in [3.8, 4) is 5.75 Å². The van der Waals surface area contributed by atoms with Gasteiger partial charge >= 0.3 is 5.97 Å². The van der Waals surface area contributed by atoms with Crippen LogP contribution in [0.1, 0.15) is 48.5 Å². The molecule has 2 aliphatic heterocycles. The van der Waals surface area contributed by atoms with Crippen LogP contribution in [0.5, 0.6) is 5.75 Å². The number of piperidine rings is 1. The molecule has 4 rings (SSSR count). The normalized spacial score (nSPS) is 18.6. The molecule has 0 amide bonds. The highest BCUT2D eigenvalue weighted by molar-refractivity contribution is 5.95. The van der Waals surface area contributed by atoms with Gasteiger partial charge in [0.1, 0.15) is 24.3 Å². The van der Waals surface area contributed by atoms with Crippen LogP contribution in [-0.4, -0.2) is 60.9 Å². The van der Waals surface area contributed by atoms with Gasteiger partial charge < -0.3 is 25.0 Å². The minimum Gasteiger partial charge on any atom is -0.490 e. The van der Waals surface area contributed by atoms with Crippen molar-refractivity contribution in [1.82, 2.24) is 4.90 Å². The van der Waals surface area contributed by atoms with Gasteiger partial charge in [-0.25, -0.2) is 4.79 Å². The fourth-order valence-electron chi connectivity index (χ4n) is 4.63. The molecule has 180 valence electrons. The number of benzene rings is 2. The number of nitrogen functional groups attached to an aromatic ring is 1.